The number of nitrogens with zero attached hydrogens (tertiary/aromatic N) is 1. The van der Waals surface area contributed by atoms with Gasteiger partial charge in [0.05, 0.1) is 7.11 Å². The lowest BCUT2D eigenvalue weighted by Gasteiger charge is -2.08. The lowest BCUT2D eigenvalue weighted by atomic mass is 10.0. The van der Waals surface area contributed by atoms with Gasteiger partial charge in [-0.1, -0.05) is 18.2 Å². The molecule has 2 heterocycles. The van der Waals surface area contributed by atoms with Crippen LogP contribution in [0.25, 0.3) is 10.9 Å². The van der Waals surface area contributed by atoms with Crippen LogP contribution in [0, 0.1) is 0 Å². The standard InChI is InChI=1S/C23H23N3O/c1-27-22-7-3-6-21-23(22)18(16-25-21)5-2-4-17-8-10-19(11-9-17)26-20-12-14-24-15-13-20/h3,6-16,25H,2,4-5H2,1H3,(H,24,26). The molecule has 0 bridgehead atoms. The molecule has 2 aromatic carbocycles. The van der Waals surface area contributed by atoms with Crippen LogP contribution in [0.3, 0.4) is 0 Å². The second-order valence-corrected chi connectivity index (χ2v) is 6.61. The largest absolute Gasteiger partial charge is 0.496 e. The molecule has 0 amide bonds. The van der Waals surface area contributed by atoms with E-state index in [0.717, 1.165) is 41.9 Å². The van der Waals surface area contributed by atoms with Crippen LogP contribution in [-0.4, -0.2) is 17.1 Å². The van der Waals surface area contributed by atoms with Crippen LogP contribution in [0.1, 0.15) is 17.5 Å². The van der Waals surface area contributed by atoms with Gasteiger partial charge in [0.2, 0.25) is 0 Å². The first-order valence-electron chi connectivity index (χ1n) is 9.22. The summed E-state index contributed by atoms with van der Waals surface area (Å²) in [5, 5.41) is 4.59. The number of ether oxygens (including phenoxy) is 1. The number of methoxy groups -OCH3 is 1. The van der Waals surface area contributed by atoms with E-state index in [1.54, 1.807) is 19.5 Å². The maximum absolute atomic E-state index is 5.52. The third-order valence-corrected chi connectivity index (χ3v) is 4.80. The Hall–Kier alpha value is -3.27. The maximum Gasteiger partial charge on any atom is 0.128 e. The number of hydrogen-bond donors (Lipinski definition) is 2. The third-order valence-electron chi connectivity index (χ3n) is 4.80. The van der Waals surface area contributed by atoms with Crippen molar-refractivity contribution in [1.29, 1.82) is 0 Å². The van der Waals surface area contributed by atoms with Crippen LogP contribution >= 0.6 is 0 Å². The minimum atomic E-state index is 0.940. The van der Waals surface area contributed by atoms with Crippen molar-refractivity contribution in [3.05, 3.63) is 84.3 Å². The van der Waals surface area contributed by atoms with Crippen molar-refractivity contribution >= 4 is 22.3 Å². The Morgan fingerprint density at radius 3 is 2.48 bits per heavy atom. The first kappa shape index (κ1) is 17.2. The molecule has 0 atom stereocenters. The van der Waals surface area contributed by atoms with Gasteiger partial charge < -0.3 is 15.0 Å². The molecule has 0 aliphatic rings. The highest BCUT2D eigenvalue weighted by Crippen LogP contribution is 2.29. The minimum absolute atomic E-state index is 0.940. The molecule has 0 saturated carbocycles. The summed E-state index contributed by atoms with van der Waals surface area (Å²) >= 11 is 0. The van der Waals surface area contributed by atoms with Crippen LogP contribution in [0.5, 0.6) is 5.75 Å². The van der Waals surface area contributed by atoms with Crippen molar-refractivity contribution in [1.82, 2.24) is 9.97 Å². The first-order valence-corrected chi connectivity index (χ1v) is 9.22. The molecular weight excluding hydrogens is 334 g/mol. The zero-order chi connectivity index (χ0) is 18.5. The molecule has 2 aromatic heterocycles. The second-order valence-electron chi connectivity index (χ2n) is 6.61. The van der Waals surface area contributed by atoms with E-state index in [4.69, 9.17) is 4.74 Å². The molecule has 0 aliphatic carbocycles. The fourth-order valence-corrected chi connectivity index (χ4v) is 3.43. The van der Waals surface area contributed by atoms with Gasteiger partial charge in [0.25, 0.3) is 0 Å². The van der Waals surface area contributed by atoms with Gasteiger partial charge in [-0.25, -0.2) is 0 Å². The van der Waals surface area contributed by atoms with E-state index in [1.165, 1.54) is 16.5 Å². The molecule has 4 aromatic rings. The highest BCUT2D eigenvalue weighted by Gasteiger charge is 2.08. The predicted octanol–water partition coefficient (Wildman–Crippen LogP) is 5.49. The van der Waals surface area contributed by atoms with Gasteiger partial charge in [0.1, 0.15) is 5.75 Å². The average Bonchev–Trinajstić information content (AvgIpc) is 3.13. The van der Waals surface area contributed by atoms with E-state index in [1.807, 2.05) is 24.3 Å². The second kappa shape index (κ2) is 7.96. The molecule has 4 rings (SSSR count). The van der Waals surface area contributed by atoms with E-state index < -0.39 is 0 Å². The molecule has 4 nitrogen and oxygen atoms in total. The number of aromatic nitrogens is 2. The van der Waals surface area contributed by atoms with Gasteiger partial charge in [0.15, 0.2) is 0 Å². The quantitative estimate of drug-likeness (QED) is 0.460. The molecule has 0 unspecified atom stereocenters. The van der Waals surface area contributed by atoms with Gasteiger partial charge in [-0.05, 0) is 66.8 Å². The van der Waals surface area contributed by atoms with Crippen LogP contribution in [-0.2, 0) is 12.8 Å². The number of anilines is 2. The Morgan fingerprint density at radius 2 is 1.70 bits per heavy atom. The van der Waals surface area contributed by atoms with Crippen LogP contribution in [0.2, 0.25) is 0 Å². The van der Waals surface area contributed by atoms with E-state index in [2.05, 4.69) is 51.8 Å². The normalized spacial score (nSPS) is 10.9. The number of rotatable bonds is 7. The number of pyridine rings is 1. The van der Waals surface area contributed by atoms with Crippen molar-refractivity contribution in [3.8, 4) is 5.75 Å². The summed E-state index contributed by atoms with van der Waals surface area (Å²) < 4.78 is 5.52. The number of aryl methyl sites for hydroxylation is 2. The van der Waals surface area contributed by atoms with E-state index >= 15 is 0 Å². The Morgan fingerprint density at radius 1 is 0.926 bits per heavy atom. The summed E-state index contributed by atoms with van der Waals surface area (Å²) in [6, 6.07) is 18.7. The molecule has 0 spiro atoms. The Balaban J connectivity index is 1.37. The molecule has 0 radical (unpaired) electrons. The lowest BCUT2D eigenvalue weighted by Crippen LogP contribution is -1.93. The fraction of sp³-hybridized carbons (Fsp3) is 0.174. The van der Waals surface area contributed by atoms with Crippen molar-refractivity contribution in [2.75, 3.05) is 12.4 Å². The topological polar surface area (TPSA) is 49.9 Å². The SMILES string of the molecule is COc1cccc2[nH]cc(CCCc3ccc(Nc4ccncc4)cc3)c12. The molecular formula is C23H23N3O. The Kier molecular flexibility index (Phi) is 5.06. The zero-order valence-corrected chi connectivity index (χ0v) is 15.4. The van der Waals surface area contributed by atoms with Gasteiger partial charge in [-0.2, -0.15) is 0 Å². The van der Waals surface area contributed by atoms with Crippen LogP contribution in [0.15, 0.2) is 73.2 Å². The van der Waals surface area contributed by atoms with E-state index in [-0.39, 0.29) is 0 Å². The van der Waals surface area contributed by atoms with Crippen molar-refractivity contribution in [3.63, 3.8) is 0 Å². The van der Waals surface area contributed by atoms with Crippen molar-refractivity contribution in [2.24, 2.45) is 0 Å². The molecule has 27 heavy (non-hydrogen) atoms. The summed E-state index contributed by atoms with van der Waals surface area (Å²) in [5.74, 6) is 0.940. The minimum Gasteiger partial charge on any atom is -0.496 e. The third kappa shape index (κ3) is 3.95. The number of nitrogens with one attached hydrogen (secondary N) is 2. The zero-order valence-electron chi connectivity index (χ0n) is 15.4. The summed E-state index contributed by atoms with van der Waals surface area (Å²) in [5.41, 5.74) is 5.94. The Labute approximate surface area is 159 Å². The number of fused-ring (bicyclic) bond motifs is 1. The summed E-state index contributed by atoms with van der Waals surface area (Å²) in [6.07, 6.45) is 8.86. The smallest absolute Gasteiger partial charge is 0.128 e. The molecule has 2 N–H and O–H groups in total. The number of aromatic amines is 1. The monoisotopic (exact) mass is 357 g/mol. The van der Waals surface area contributed by atoms with Crippen LogP contribution in [0.4, 0.5) is 11.4 Å². The van der Waals surface area contributed by atoms with Crippen molar-refractivity contribution in [2.45, 2.75) is 19.3 Å². The lowest BCUT2D eigenvalue weighted by molar-refractivity contribution is 0.419. The molecule has 0 fully saturated rings. The molecule has 4 heteroatoms. The summed E-state index contributed by atoms with van der Waals surface area (Å²) in [7, 11) is 1.73. The fourth-order valence-electron chi connectivity index (χ4n) is 3.43. The molecule has 0 aliphatic heterocycles. The highest BCUT2D eigenvalue weighted by atomic mass is 16.5. The van der Waals surface area contributed by atoms with E-state index in [9.17, 15) is 0 Å². The number of hydrogen-bond acceptors (Lipinski definition) is 3. The van der Waals surface area contributed by atoms with Gasteiger partial charge in [-0.15, -0.1) is 0 Å². The van der Waals surface area contributed by atoms with Gasteiger partial charge in [0, 0.05) is 40.9 Å². The van der Waals surface area contributed by atoms with Gasteiger partial charge in [-0.3, -0.25) is 4.98 Å². The summed E-state index contributed by atoms with van der Waals surface area (Å²) in [4.78, 5) is 7.39. The molecule has 136 valence electrons. The number of benzene rings is 2. The van der Waals surface area contributed by atoms with Crippen molar-refractivity contribution < 1.29 is 4.74 Å². The van der Waals surface area contributed by atoms with E-state index in [0.29, 0.717) is 0 Å². The predicted molar refractivity (Wildman–Crippen MR) is 111 cm³/mol. The average molecular weight is 357 g/mol. The Bertz CT molecular complexity index is 1010. The summed E-state index contributed by atoms with van der Waals surface area (Å²) in [6.45, 7) is 0. The van der Waals surface area contributed by atoms with Gasteiger partial charge >= 0.3 is 0 Å². The molecule has 0 saturated heterocycles. The van der Waals surface area contributed by atoms with Crippen LogP contribution < -0.4 is 10.1 Å². The maximum atomic E-state index is 5.52. The number of H-pyrrole nitrogens is 1. The first-order chi connectivity index (χ1) is 13.3. The highest BCUT2D eigenvalue weighted by molar-refractivity contribution is 5.89.